The Labute approximate surface area is 188 Å². The van der Waals surface area contributed by atoms with Gasteiger partial charge < -0.3 is 14.2 Å². The molecular weight excluding hydrogens is 430 g/mol. The molecule has 5 nitrogen and oxygen atoms in total. The van der Waals surface area contributed by atoms with Gasteiger partial charge in [0.25, 0.3) is 5.91 Å². The third-order valence-corrected chi connectivity index (χ3v) is 6.75. The van der Waals surface area contributed by atoms with Crippen LogP contribution in [-0.4, -0.2) is 21.9 Å². The first-order valence-electron chi connectivity index (χ1n) is 9.71. The number of hydrogen-bond acceptors (Lipinski definition) is 6. The van der Waals surface area contributed by atoms with Crippen molar-refractivity contribution in [2.24, 2.45) is 0 Å². The largest absolute Gasteiger partial charge is 0.457 e. The van der Waals surface area contributed by atoms with E-state index in [0.29, 0.717) is 20.7 Å². The van der Waals surface area contributed by atoms with E-state index in [2.05, 4.69) is 0 Å². The molecule has 3 aliphatic heterocycles. The van der Waals surface area contributed by atoms with Crippen molar-refractivity contribution in [3.63, 3.8) is 0 Å². The predicted octanol–water partition coefficient (Wildman–Crippen LogP) is 5.51. The van der Waals surface area contributed by atoms with Crippen LogP contribution in [0, 0.1) is 0 Å². The number of benzene rings is 3. The second-order valence-corrected chi connectivity index (χ2v) is 8.92. The van der Waals surface area contributed by atoms with E-state index in [1.54, 1.807) is 4.90 Å². The van der Waals surface area contributed by atoms with E-state index in [4.69, 9.17) is 26.4 Å². The Bertz CT molecular complexity index is 1240. The maximum Gasteiger partial charge on any atom is 0.267 e. The topological polar surface area (TPSA) is 48.0 Å². The number of ether oxygens (including phenoxy) is 3. The average Bonchev–Trinajstić information content (AvgIpc) is 3.36. The van der Waals surface area contributed by atoms with Gasteiger partial charge in [-0.1, -0.05) is 66.4 Å². The number of thiocarbonyl (C=S) groups is 1. The van der Waals surface area contributed by atoms with Crippen LogP contribution in [0.5, 0.6) is 23.0 Å². The summed E-state index contributed by atoms with van der Waals surface area (Å²) in [6.07, 6.45) is 1.85. The lowest BCUT2D eigenvalue weighted by Gasteiger charge is -2.33. The minimum absolute atomic E-state index is 0.121. The third-order valence-electron chi connectivity index (χ3n) is 5.42. The molecule has 0 saturated carbocycles. The second kappa shape index (κ2) is 7.14. The van der Waals surface area contributed by atoms with Crippen molar-refractivity contribution < 1.29 is 19.0 Å². The fraction of sp³-hybridized carbons (Fsp3) is 0.0833. The first-order valence-corrected chi connectivity index (χ1v) is 10.9. The highest BCUT2D eigenvalue weighted by Gasteiger charge is 2.42. The number of carbonyl (C=O) groups is 1. The molecule has 0 unspecified atom stereocenters. The van der Waals surface area contributed by atoms with E-state index in [-0.39, 0.29) is 18.7 Å². The first kappa shape index (κ1) is 18.5. The van der Waals surface area contributed by atoms with Gasteiger partial charge in [-0.05, 0) is 35.9 Å². The summed E-state index contributed by atoms with van der Waals surface area (Å²) >= 11 is 6.98. The third kappa shape index (κ3) is 3.00. The molecule has 152 valence electrons. The van der Waals surface area contributed by atoms with Crippen LogP contribution in [-0.2, 0) is 4.79 Å². The summed E-state index contributed by atoms with van der Waals surface area (Å²) < 4.78 is 17.4. The van der Waals surface area contributed by atoms with Gasteiger partial charge in [0.05, 0.1) is 10.9 Å². The summed E-state index contributed by atoms with van der Waals surface area (Å²) in [7, 11) is 0. The Morgan fingerprint density at radius 1 is 0.903 bits per heavy atom. The number of para-hydroxylation sites is 2. The molecular formula is C24H15NO4S2. The molecule has 6 rings (SSSR count). The van der Waals surface area contributed by atoms with Gasteiger partial charge in [0.1, 0.15) is 15.8 Å². The SMILES string of the molecule is O=C1/C(=C/c2ccc3c(c2)OCO3)SC(=S)N1C1c2ccccc2Oc2ccccc21. The minimum atomic E-state index is -0.337. The monoisotopic (exact) mass is 445 g/mol. The zero-order valence-electron chi connectivity index (χ0n) is 16.1. The van der Waals surface area contributed by atoms with E-state index >= 15 is 0 Å². The van der Waals surface area contributed by atoms with Crippen LogP contribution in [0.1, 0.15) is 22.7 Å². The summed E-state index contributed by atoms with van der Waals surface area (Å²) in [5.41, 5.74) is 2.70. The van der Waals surface area contributed by atoms with Gasteiger partial charge in [-0.25, -0.2) is 0 Å². The zero-order valence-corrected chi connectivity index (χ0v) is 17.7. The van der Waals surface area contributed by atoms with Crippen molar-refractivity contribution in [2.75, 3.05) is 6.79 Å². The van der Waals surface area contributed by atoms with Crippen LogP contribution in [0.3, 0.4) is 0 Å². The molecule has 0 bridgehead atoms. The molecule has 3 aromatic rings. The molecule has 3 aliphatic rings. The fourth-order valence-electron chi connectivity index (χ4n) is 4.02. The number of carbonyl (C=O) groups excluding carboxylic acids is 1. The Balaban J connectivity index is 1.41. The molecule has 0 aliphatic carbocycles. The lowest BCUT2D eigenvalue weighted by molar-refractivity contribution is -0.123. The first-order chi connectivity index (χ1) is 15.2. The Morgan fingerprint density at radius 3 is 2.32 bits per heavy atom. The van der Waals surface area contributed by atoms with Crippen LogP contribution < -0.4 is 14.2 Å². The normalized spacial score (nSPS) is 18.2. The fourth-order valence-corrected chi connectivity index (χ4v) is 5.33. The van der Waals surface area contributed by atoms with Crippen molar-refractivity contribution in [1.29, 1.82) is 0 Å². The maximum absolute atomic E-state index is 13.5. The van der Waals surface area contributed by atoms with Crippen LogP contribution >= 0.6 is 24.0 Å². The minimum Gasteiger partial charge on any atom is -0.457 e. The smallest absolute Gasteiger partial charge is 0.267 e. The van der Waals surface area contributed by atoms with Gasteiger partial charge in [0.2, 0.25) is 6.79 Å². The summed E-state index contributed by atoms with van der Waals surface area (Å²) in [6, 6.07) is 20.8. The molecule has 31 heavy (non-hydrogen) atoms. The number of rotatable bonds is 2. The molecule has 1 saturated heterocycles. The van der Waals surface area contributed by atoms with E-state index in [1.807, 2.05) is 72.8 Å². The summed E-state index contributed by atoms with van der Waals surface area (Å²) in [5, 5.41) is 0. The molecule has 0 radical (unpaired) electrons. The van der Waals surface area contributed by atoms with Crippen molar-refractivity contribution in [1.82, 2.24) is 4.90 Å². The number of hydrogen-bond donors (Lipinski definition) is 0. The summed E-state index contributed by atoms with van der Waals surface area (Å²) in [6.45, 7) is 0.212. The highest BCUT2D eigenvalue weighted by Crippen LogP contribution is 2.49. The number of nitrogens with zero attached hydrogens (tertiary/aromatic N) is 1. The van der Waals surface area contributed by atoms with Crippen LogP contribution in [0.2, 0.25) is 0 Å². The molecule has 1 fully saturated rings. The molecule has 1 amide bonds. The quantitative estimate of drug-likeness (QED) is 0.383. The van der Waals surface area contributed by atoms with E-state index in [9.17, 15) is 4.79 Å². The molecule has 3 heterocycles. The van der Waals surface area contributed by atoms with Crippen LogP contribution in [0.4, 0.5) is 0 Å². The van der Waals surface area contributed by atoms with Crippen molar-refractivity contribution >= 4 is 40.3 Å². The molecule has 0 atom stereocenters. The summed E-state index contributed by atoms with van der Waals surface area (Å²) in [5.74, 6) is 2.74. The van der Waals surface area contributed by atoms with E-state index < -0.39 is 0 Å². The number of thioether (sulfide) groups is 1. The predicted molar refractivity (Wildman–Crippen MR) is 122 cm³/mol. The van der Waals surface area contributed by atoms with Crippen molar-refractivity contribution in [3.8, 4) is 23.0 Å². The van der Waals surface area contributed by atoms with E-state index in [1.165, 1.54) is 11.8 Å². The number of fused-ring (bicyclic) bond motifs is 3. The van der Waals surface area contributed by atoms with Gasteiger partial charge in [-0.2, -0.15) is 0 Å². The Kier molecular flexibility index (Phi) is 4.26. The molecule has 3 aromatic carbocycles. The Hall–Kier alpha value is -3.29. The highest BCUT2D eigenvalue weighted by atomic mass is 32.2. The van der Waals surface area contributed by atoms with E-state index in [0.717, 1.165) is 28.2 Å². The Morgan fingerprint density at radius 2 is 1.58 bits per heavy atom. The van der Waals surface area contributed by atoms with Gasteiger partial charge in [0, 0.05) is 11.1 Å². The van der Waals surface area contributed by atoms with Gasteiger partial charge in [-0.3, -0.25) is 9.69 Å². The lowest BCUT2D eigenvalue weighted by atomic mass is 9.93. The van der Waals surface area contributed by atoms with Crippen molar-refractivity contribution in [2.45, 2.75) is 6.04 Å². The highest BCUT2D eigenvalue weighted by molar-refractivity contribution is 8.26. The van der Waals surface area contributed by atoms with Gasteiger partial charge >= 0.3 is 0 Å². The zero-order chi connectivity index (χ0) is 20.9. The standard InChI is InChI=1S/C24H15NO4S2/c26-23-21(12-14-9-10-19-20(11-14)28-13-27-19)31-24(30)25(23)22-15-5-1-3-7-17(15)29-18-8-4-2-6-16(18)22/h1-12,22H,13H2/b21-12-. The maximum atomic E-state index is 13.5. The van der Waals surface area contributed by atoms with Crippen LogP contribution in [0.15, 0.2) is 71.6 Å². The van der Waals surface area contributed by atoms with Gasteiger partial charge in [0.15, 0.2) is 11.5 Å². The molecule has 0 N–H and O–H groups in total. The lowest BCUT2D eigenvalue weighted by Crippen LogP contribution is -2.34. The van der Waals surface area contributed by atoms with Crippen molar-refractivity contribution in [3.05, 3.63) is 88.3 Å². The average molecular weight is 446 g/mol. The molecule has 7 heteroatoms. The second-order valence-electron chi connectivity index (χ2n) is 7.24. The summed E-state index contributed by atoms with van der Waals surface area (Å²) in [4.78, 5) is 15.8. The number of amides is 1. The molecule has 0 aromatic heterocycles. The molecule has 0 spiro atoms. The van der Waals surface area contributed by atoms with Crippen LogP contribution in [0.25, 0.3) is 6.08 Å². The van der Waals surface area contributed by atoms with Gasteiger partial charge in [-0.15, -0.1) is 0 Å².